The van der Waals surface area contributed by atoms with E-state index < -0.39 is 29.7 Å². The molecular weight excluding hydrogens is 326 g/mol. The van der Waals surface area contributed by atoms with Gasteiger partial charge in [0.05, 0.1) is 12.5 Å². The van der Waals surface area contributed by atoms with Crippen LogP contribution < -0.4 is 16.4 Å². The van der Waals surface area contributed by atoms with Gasteiger partial charge in [0, 0.05) is 18.2 Å². The first-order valence-electron chi connectivity index (χ1n) is 7.89. The van der Waals surface area contributed by atoms with Gasteiger partial charge in [0.1, 0.15) is 6.04 Å². The van der Waals surface area contributed by atoms with Gasteiger partial charge in [0.15, 0.2) is 0 Å². The topological polar surface area (TPSA) is 128 Å². The molecule has 1 aromatic rings. The van der Waals surface area contributed by atoms with Crippen molar-refractivity contribution in [2.45, 2.75) is 33.2 Å². The predicted octanol–water partition coefficient (Wildman–Crippen LogP) is 0.818. The molecular formula is C17H23N3O5. The zero-order valence-electron chi connectivity index (χ0n) is 14.5. The normalized spacial score (nSPS) is 12.6. The molecule has 0 bridgehead atoms. The molecule has 0 aromatic heterocycles. The molecule has 0 aliphatic carbocycles. The molecule has 0 saturated heterocycles. The molecule has 0 unspecified atom stereocenters. The van der Waals surface area contributed by atoms with Crippen LogP contribution in [0.15, 0.2) is 24.3 Å². The number of rotatable bonds is 8. The zero-order valence-corrected chi connectivity index (χ0v) is 14.5. The highest BCUT2D eigenvalue weighted by Gasteiger charge is 2.25. The number of carbonyl (C=O) groups excluding carboxylic acids is 4. The largest absolute Gasteiger partial charge is 0.466 e. The lowest BCUT2D eigenvalue weighted by Gasteiger charge is -2.19. The third-order valence-corrected chi connectivity index (χ3v) is 3.39. The van der Waals surface area contributed by atoms with Gasteiger partial charge in [-0.3, -0.25) is 19.2 Å². The van der Waals surface area contributed by atoms with Crippen molar-refractivity contribution in [3.8, 4) is 0 Å². The zero-order chi connectivity index (χ0) is 19.0. The van der Waals surface area contributed by atoms with Gasteiger partial charge in [0.25, 0.3) is 5.91 Å². The van der Waals surface area contributed by atoms with Crippen molar-refractivity contribution in [2.75, 3.05) is 11.9 Å². The number of hydrogen-bond acceptors (Lipinski definition) is 5. The maximum absolute atomic E-state index is 12.2. The minimum atomic E-state index is -0.998. The molecule has 3 amide bonds. The van der Waals surface area contributed by atoms with Gasteiger partial charge in [-0.1, -0.05) is 6.92 Å². The summed E-state index contributed by atoms with van der Waals surface area (Å²) in [6, 6.07) is 5.15. The third-order valence-electron chi connectivity index (χ3n) is 3.39. The lowest BCUT2D eigenvalue weighted by molar-refractivity contribution is -0.147. The van der Waals surface area contributed by atoms with Gasteiger partial charge in [0.2, 0.25) is 11.8 Å². The second-order valence-electron chi connectivity index (χ2n) is 5.58. The molecule has 0 spiro atoms. The standard InChI is InChI=1S/C17H23N3O5/c1-4-25-17(24)10(2)9-14(15(18)22)20-16(23)12-5-7-13(8-6-12)19-11(3)21/h5-8,10,14H,4,9H2,1-3H3,(H2,18,22)(H,19,21)(H,20,23)/t10-,14-/m0/s1. The molecule has 136 valence electrons. The summed E-state index contributed by atoms with van der Waals surface area (Å²) < 4.78 is 4.88. The first-order valence-corrected chi connectivity index (χ1v) is 7.89. The van der Waals surface area contributed by atoms with Crippen LogP contribution in [0.4, 0.5) is 5.69 Å². The molecule has 0 aliphatic rings. The van der Waals surface area contributed by atoms with Crippen LogP contribution >= 0.6 is 0 Å². The molecule has 0 aliphatic heterocycles. The van der Waals surface area contributed by atoms with Gasteiger partial charge in [-0.15, -0.1) is 0 Å². The van der Waals surface area contributed by atoms with Crippen molar-refractivity contribution in [3.05, 3.63) is 29.8 Å². The quantitative estimate of drug-likeness (QED) is 0.599. The van der Waals surface area contributed by atoms with E-state index in [0.29, 0.717) is 11.3 Å². The maximum atomic E-state index is 12.2. The fraction of sp³-hybridized carbons (Fsp3) is 0.412. The Labute approximate surface area is 146 Å². The van der Waals surface area contributed by atoms with Gasteiger partial charge in [-0.05, 0) is 37.6 Å². The summed E-state index contributed by atoms with van der Waals surface area (Å²) in [7, 11) is 0. The van der Waals surface area contributed by atoms with Crippen molar-refractivity contribution < 1.29 is 23.9 Å². The van der Waals surface area contributed by atoms with Crippen molar-refractivity contribution in [1.29, 1.82) is 0 Å². The highest BCUT2D eigenvalue weighted by Crippen LogP contribution is 2.12. The first kappa shape index (κ1) is 20.1. The molecule has 0 heterocycles. The molecule has 8 nitrogen and oxygen atoms in total. The number of hydrogen-bond donors (Lipinski definition) is 3. The van der Waals surface area contributed by atoms with Crippen LogP contribution in [0, 0.1) is 5.92 Å². The fourth-order valence-electron chi connectivity index (χ4n) is 2.13. The third kappa shape index (κ3) is 6.62. The second-order valence-corrected chi connectivity index (χ2v) is 5.58. The molecule has 0 radical (unpaired) electrons. The average molecular weight is 349 g/mol. The van der Waals surface area contributed by atoms with E-state index in [1.165, 1.54) is 19.1 Å². The predicted molar refractivity (Wildman–Crippen MR) is 91.6 cm³/mol. The van der Waals surface area contributed by atoms with E-state index in [4.69, 9.17) is 10.5 Å². The molecule has 25 heavy (non-hydrogen) atoms. The van der Waals surface area contributed by atoms with E-state index in [0.717, 1.165) is 0 Å². The molecule has 1 rings (SSSR count). The molecule has 1 aromatic carbocycles. The van der Waals surface area contributed by atoms with Gasteiger partial charge >= 0.3 is 5.97 Å². The molecule has 0 saturated carbocycles. The molecule has 0 fully saturated rings. The number of benzene rings is 1. The Morgan fingerprint density at radius 1 is 1.16 bits per heavy atom. The van der Waals surface area contributed by atoms with Gasteiger partial charge in [-0.25, -0.2) is 0 Å². The Bertz CT molecular complexity index is 642. The summed E-state index contributed by atoms with van der Waals surface area (Å²) >= 11 is 0. The second kappa shape index (κ2) is 9.41. The molecule has 4 N–H and O–H groups in total. The molecule has 8 heteroatoms. The monoisotopic (exact) mass is 349 g/mol. The van der Waals surface area contributed by atoms with Crippen molar-refractivity contribution >= 4 is 29.4 Å². The summed E-state index contributed by atoms with van der Waals surface area (Å²) in [6.45, 7) is 4.89. The van der Waals surface area contributed by atoms with Crippen LogP contribution in [0.3, 0.4) is 0 Å². The number of ether oxygens (including phenoxy) is 1. The van der Waals surface area contributed by atoms with E-state index in [2.05, 4.69) is 10.6 Å². The minimum Gasteiger partial charge on any atom is -0.466 e. The van der Waals surface area contributed by atoms with Crippen LogP contribution in [0.25, 0.3) is 0 Å². The lowest BCUT2D eigenvalue weighted by Crippen LogP contribution is -2.46. The summed E-state index contributed by atoms with van der Waals surface area (Å²) in [5.74, 6) is -2.50. The van der Waals surface area contributed by atoms with Crippen LogP contribution in [0.2, 0.25) is 0 Å². The highest BCUT2D eigenvalue weighted by molar-refractivity contribution is 5.98. The number of anilines is 1. The summed E-state index contributed by atoms with van der Waals surface area (Å²) in [5, 5.41) is 5.10. The Morgan fingerprint density at radius 2 is 1.76 bits per heavy atom. The van der Waals surface area contributed by atoms with Crippen molar-refractivity contribution in [3.63, 3.8) is 0 Å². The Hall–Kier alpha value is -2.90. The lowest BCUT2D eigenvalue weighted by atomic mass is 10.0. The molecule has 2 atom stereocenters. The number of nitrogens with one attached hydrogen (secondary N) is 2. The minimum absolute atomic E-state index is 0.0455. The maximum Gasteiger partial charge on any atom is 0.308 e. The first-order chi connectivity index (χ1) is 11.7. The van der Waals surface area contributed by atoms with Gasteiger partial charge < -0.3 is 21.1 Å². The smallest absolute Gasteiger partial charge is 0.308 e. The van der Waals surface area contributed by atoms with E-state index in [1.54, 1.807) is 26.0 Å². The number of carbonyl (C=O) groups is 4. The van der Waals surface area contributed by atoms with E-state index in [1.807, 2.05) is 0 Å². The van der Waals surface area contributed by atoms with Crippen molar-refractivity contribution in [1.82, 2.24) is 5.32 Å². The van der Waals surface area contributed by atoms with Crippen LogP contribution in [0.1, 0.15) is 37.6 Å². The number of nitrogens with two attached hydrogens (primary N) is 1. The fourth-order valence-corrected chi connectivity index (χ4v) is 2.13. The Kier molecular flexibility index (Phi) is 7.58. The van der Waals surface area contributed by atoms with Crippen LogP contribution in [-0.2, 0) is 19.1 Å². The van der Waals surface area contributed by atoms with E-state index in [-0.39, 0.29) is 18.9 Å². The Morgan fingerprint density at radius 3 is 2.24 bits per heavy atom. The summed E-state index contributed by atoms with van der Waals surface area (Å²) in [5.41, 5.74) is 6.15. The van der Waals surface area contributed by atoms with Crippen LogP contribution in [-0.4, -0.2) is 36.3 Å². The van der Waals surface area contributed by atoms with E-state index in [9.17, 15) is 19.2 Å². The van der Waals surface area contributed by atoms with Gasteiger partial charge in [-0.2, -0.15) is 0 Å². The van der Waals surface area contributed by atoms with E-state index >= 15 is 0 Å². The highest BCUT2D eigenvalue weighted by atomic mass is 16.5. The van der Waals surface area contributed by atoms with Crippen LogP contribution in [0.5, 0.6) is 0 Å². The number of primary amides is 1. The number of amides is 3. The summed E-state index contributed by atoms with van der Waals surface area (Å²) in [4.78, 5) is 46.5. The number of esters is 1. The average Bonchev–Trinajstić information content (AvgIpc) is 2.54. The SMILES string of the molecule is CCOC(=O)[C@@H](C)C[C@H](NC(=O)c1ccc(NC(C)=O)cc1)C(N)=O. The summed E-state index contributed by atoms with van der Waals surface area (Å²) in [6.07, 6.45) is 0.0455. The van der Waals surface area contributed by atoms with Crippen molar-refractivity contribution in [2.24, 2.45) is 11.7 Å². The Balaban J connectivity index is 2.74.